The highest BCUT2D eigenvalue weighted by molar-refractivity contribution is 6.31. The van der Waals surface area contributed by atoms with Gasteiger partial charge in [0.1, 0.15) is 5.41 Å². The van der Waals surface area contributed by atoms with Crippen LogP contribution in [0.1, 0.15) is 29.5 Å². The first kappa shape index (κ1) is 17.5. The van der Waals surface area contributed by atoms with Gasteiger partial charge < -0.3 is 10.6 Å². The Kier molecular flexibility index (Phi) is 4.82. The lowest BCUT2D eigenvalue weighted by molar-refractivity contribution is -0.134. The second-order valence-corrected chi connectivity index (χ2v) is 7.04. The van der Waals surface area contributed by atoms with Gasteiger partial charge in [0.15, 0.2) is 0 Å². The average molecular weight is 357 g/mol. The molecule has 1 aliphatic carbocycles. The second-order valence-electron chi connectivity index (χ2n) is 6.63. The number of aryl methyl sites for hydroxylation is 2. The molecule has 0 aromatic heterocycles. The van der Waals surface area contributed by atoms with Gasteiger partial charge in [-0.25, -0.2) is 0 Å². The minimum absolute atomic E-state index is 0.240. The van der Waals surface area contributed by atoms with Crippen molar-refractivity contribution >= 4 is 29.1 Å². The zero-order chi connectivity index (χ0) is 18.0. The summed E-state index contributed by atoms with van der Waals surface area (Å²) in [4.78, 5) is 25.2. The van der Waals surface area contributed by atoms with Gasteiger partial charge in [-0.2, -0.15) is 0 Å². The molecule has 2 aromatic carbocycles. The third-order valence-corrected chi connectivity index (χ3v) is 5.02. The molecular weight excluding hydrogens is 336 g/mol. The zero-order valence-corrected chi connectivity index (χ0v) is 15.1. The molecule has 2 amide bonds. The minimum Gasteiger partial charge on any atom is -0.351 e. The molecule has 3 rings (SSSR count). The molecule has 2 aromatic rings. The van der Waals surface area contributed by atoms with Crippen LogP contribution in [0.5, 0.6) is 0 Å². The fourth-order valence-electron chi connectivity index (χ4n) is 2.86. The fraction of sp³-hybridized carbons (Fsp3) is 0.300. The van der Waals surface area contributed by atoms with Crippen LogP contribution in [0.25, 0.3) is 0 Å². The van der Waals surface area contributed by atoms with Crippen LogP contribution in [0, 0.1) is 19.3 Å². The van der Waals surface area contributed by atoms with E-state index in [4.69, 9.17) is 11.6 Å². The summed E-state index contributed by atoms with van der Waals surface area (Å²) in [5, 5.41) is 6.36. The SMILES string of the molecule is Cc1ccc(NC(=O)C2(C(=O)NCc3ccccc3Cl)CC2)c(C)c1. The standard InChI is InChI=1S/C20H21ClN2O2/c1-13-7-8-17(14(2)11-13)23-19(25)20(9-10-20)18(24)22-12-15-5-3-4-6-16(15)21/h3-8,11H,9-10,12H2,1-2H3,(H,22,24)(H,23,25). The molecule has 5 heteroatoms. The van der Waals surface area contributed by atoms with Gasteiger partial charge in [0.25, 0.3) is 0 Å². The van der Waals surface area contributed by atoms with Crippen molar-refractivity contribution in [2.45, 2.75) is 33.2 Å². The van der Waals surface area contributed by atoms with Gasteiger partial charge in [0.05, 0.1) is 0 Å². The Hall–Kier alpha value is -2.33. The molecule has 0 saturated heterocycles. The van der Waals surface area contributed by atoms with E-state index in [2.05, 4.69) is 10.6 Å². The smallest absolute Gasteiger partial charge is 0.240 e. The van der Waals surface area contributed by atoms with Gasteiger partial charge in [-0.1, -0.05) is 47.5 Å². The Morgan fingerprint density at radius 3 is 2.44 bits per heavy atom. The Bertz CT molecular complexity index is 828. The van der Waals surface area contributed by atoms with Gasteiger partial charge >= 0.3 is 0 Å². The zero-order valence-electron chi connectivity index (χ0n) is 14.4. The lowest BCUT2D eigenvalue weighted by Gasteiger charge is -2.17. The summed E-state index contributed by atoms with van der Waals surface area (Å²) in [5.41, 5.74) is 2.75. The first-order valence-electron chi connectivity index (χ1n) is 8.33. The van der Waals surface area contributed by atoms with E-state index in [1.807, 2.05) is 50.2 Å². The van der Waals surface area contributed by atoms with Gasteiger partial charge in [-0.15, -0.1) is 0 Å². The summed E-state index contributed by atoms with van der Waals surface area (Å²) in [6.07, 6.45) is 1.14. The van der Waals surface area contributed by atoms with Gasteiger partial charge in [-0.3, -0.25) is 9.59 Å². The number of halogens is 1. The minimum atomic E-state index is -0.960. The van der Waals surface area contributed by atoms with Crippen LogP contribution in [0.4, 0.5) is 5.69 Å². The molecule has 0 radical (unpaired) electrons. The predicted molar refractivity (Wildman–Crippen MR) is 99.5 cm³/mol. The highest BCUT2D eigenvalue weighted by Crippen LogP contribution is 2.47. The van der Waals surface area contributed by atoms with Crippen molar-refractivity contribution in [3.05, 3.63) is 64.2 Å². The van der Waals surface area contributed by atoms with Crippen LogP contribution in [0.3, 0.4) is 0 Å². The van der Waals surface area contributed by atoms with E-state index in [0.717, 1.165) is 22.4 Å². The quantitative estimate of drug-likeness (QED) is 0.796. The third-order valence-electron chi connectivity index (χ3n) is 4.65. The number of amides is 2. The lowest BCUT2D eigenvalue weighted by atomic mass is 10.0. The molecule has 0 heterocycles. The number of benzene rings is 2. The lowest BCUT2D eigenvalue weighted by Crippen LogP contribution is -2.39. The van der Waals surface area contributed by atoms with Crippen LogP contribution >= 0.6 is 11.6 Å². The van der Waals surface area contributed by atoms with Crippen molar-refractivity contribution in [2.24, 2.45) is 5.41 Å². The van der Waals surface area contributed by atoms with Crippen molar-refractivity contribution in [1.82, 2.24) is 5.32 Å². The van der Waals surface area contributed by atoms with Gasteiger partial charge in [0.2, 0.25) is 11.8 Å². The predicted octanol–water partition coefficient (Wildman–Crippen LogP) is 3.99. The first-order chi connectivity index (χ1) is 11.9. The van der Waals surface area contributed by atoms with Crippen LogP contribution in [-0.4, -0.2) is 11.8 Å². The summed E-state index contributed by atoms with van der Waals surface area (Å²) in [5.74, 6) is -0.481. The summed E-state index contributed by atoms with van der Waals surface area (Å²) in [7, 11) is 0. The van der Waals surface area contributed by atoms with Crippen LogP contribution < -0.4 is 10.6 Å². The van der Waals surface area contributed by atoms with Crippen molar-refractivity contribution in [2.75, 3.05) is 5.32 Å². The third kappa shape index (κ3) is 3.69. The monoisotopic (exact) mass is 356 g/mol. The number of carbonyl (C=O) groups excluding carboxylic acids is 2. The van der Waals surface area contributed by atoms with E-state index < -0.39 is 5.41 Å². The maximum absolute atomic E-state index is 12.7. The molecule has 0 bridgehead atoms. The van der Waals surface area contributed by atoms with E-state index in [0.29, 0.717) is 24.4 Å². The normalized spacial score (nSPS) is 14.7. The van der Waals surface area contributed by atoms with Crippen molar-refractivity contribution in [3.8, 4) is 0 Å². The molecule has 2 N–H and O–H groups in total. The molecule has 1 fully saturated rings. The molecule has 0 aliphatic heterocycles. The second kappa shape index (κ2) is 6.89. The largest absolute Gasteiger partial charge is 0.351 e. The summed E-state index contributed by atoms with van der Waals surface area (Å²) < 4.78 is 0. The first-order valence-corrected chi connectivity index (χ1v) is 8.70. The summed E-state index contributed by atoms with van der Waals surface area (Å²) >= 11 is 6.11. The molecule has 130 valence electrons. The molecule has 1 aliphatic rings. The Morgan fingerprint density at radius 2 is 1.80 bits per heavy atom. The number of carbonyl (C=O) groups is 2. The van der Waals surface area contributed by atoms with Gasteiger partial charge in [0, 0.05) is 17.3 Å². The van der Waals surface area contributed by atoms with E-state index in [-0.39, 0.29) is 11.8 Å². The Morgan fingerprint density at radius 1 is 1.08 bits per heavy atom. The molecule has 0 atom stereocenters. The number of hydrogen-bond donors (Lipinski definition) is 2. The molecule has 0 spiro atoms. The van der Waals surface area contributed by atoms with E-state index in [1.54, 1.807) is 6.07 Å². The van der Waals surface area contributed by atoms with Crippen molar-refractivity contribution in [3.63, 3.8) is 0 Å². The molecule has 4 nitrogen and oxygen atoms in total. The van der Waals surface area contributed by atoms with Crippen LogP contribution in [0.2, 0.25) is 5.02 Å². The highest BCUT2D eigenvalue weighted by Gasteiger charge is 2.56. The molecule has 1 saturated carbocycles. The number of anilines is 1. The van der Waals surface area contributed by atoms with E-state index in [1.165, 1.54) is 0 Å². The summed E-state index contributed by atoms with van der Waals surface area (Å²) in [6.45, 7) is 4.26. The Balaban J connectivity index is 1.65. The number of hydrogen-bond acceptors (Lipinski definition) is 2. The van der Waals surface area contributed by atoms with Crippen molar-refractivity contribution in [1.29, 1.82) is 0 Å². The summed E-state index contributed by atoms with van der Waals surface area (Å²) in [6, 6.07) is 13.2. The maximum Gasteiger partial charge on any atom is 0.240 e. The van der Waals surface area contributed by atoms with Gasteiger partial charge in [-0.05, 0) is 49.9 Å². The molecule has 0 unspecified atom stereocenters. The van der Waals surface area contributed by atoms with Crippen molar-refractivity contribution < 1.29 is 9.59 Å². The fourth-order valence-corrected chi connectivity index (χ4v) is 3.07. The topological polar surface area (TPSA) is 58.2 Å². The van der Waals surface area contributed by atoms with Crippen LogP contribution in [-0.2, 0) is 16.1 Å². The van der Waals surface area contributed by atoms with E-state index in [9.17, 15) is 9.59 Å². The molecular formula is C20H21ClN2O2. The molecule has 25 heavy (non-hydrogen) atoms. The highest BCUT2D eigenvalue weighted by atomic mass is 35.5. The number of rotatable bonds is 5. The number of nitrogens with one attached hydrogen (secondary N) is 2. The maximum atomic E-state index is 12.7. The Labute approximate surface area is 152 Å². The van der Waals surface area contributed by atoms with Crippen LogP contribution in [0.15, 0.2) is 42.5 Å². The average Bonchev–Trinajstić information content (AvgIpc) is 3.38. The van der Waals surface area contributed by atoms with E-state index >= 15 is 0 Å².